The predicted octanol–water partition coefficient (Wildman–Crippen LogP) is 5.78. The van der Waals surface area contributed by atoms with Crippen molar-refractivity contribution in [3.05, 3.63) is 95.7 Å². The molecule has 4 rings (SSSR count). The van der Waals surface area contributed by atoms with E-state index in [0.717, 1.165) is 21.5 Å². The van der Waals surface area contributed by atoms with Crippen molar-refractivity contribution in [3.8, 4) is 6.07 Å². The predicted molar refractivity (Wildman–Crippen MR) is 113 cm³/mol. The zero-order chi connectivity index (χ0) is 18.6. The Morgan fingerprint density at radius 2 is 1.89 bits per heavy atom. The molecule has 1 aliphatic rings. The summed E-state index contributed by atoms with van der Waals surface area (Å²) in [5, 5.41) is 11.8. The van der Waals surface area contributed by atoms with Gasteiger partial charge in [-0.1, -0.05) is 54.2 Å². The van der Waals surface area contributed by atoms with E-state index < -0.39 is 0 Å². The standard InChI is InChI=1S/C23H17N3S/c1-26-21-11-5-6-12-22(21)27-23(26)13-7-2-8-17(16-24)18-14-15-25-20-10-4-3-9-19(18)20/h2-15H,1H3/b7-2+,17-8+,23-13+. The first kappa shape index (κ1) is 17.1. The first-order valence-electron chi connectivity index (χ1n) is 8.61. The number of allylic oxidation sites excluding steroid dienone is 5. The molecule has 0 saturated carbocycles. The van der Waals surface area contributed by atoms with Crippen LogP contribution in [0.4, 0.5) is 5.69 Å². The van der Waals surface area contributed by atoms with Gasteiger partial charge in [0, 0.05) is 29.1 Å². The lowest BCUT2D eigenvalue weighted by atomic mass is 10.0. The van der Waals surface area contributed by atoms with E-state index in [1.807, 2.05) is 48.6 Å². The summed E-state index contributed by atoms with van der Waals surface area (Å²) in [7, 11) is 2.07. The molecule has 1 aliphatic heterocycles. The van der Waals surface area contributed by atoms with Gasteiger partial charge in [-0.2, -0.15) is 5.26 Å². The minimum absolute atomic E-state index is 0.624. The van der Waals surface area contributed by atoms with E-state index in [1.54, 1.807) is 18.0 Å². The molecule has 0 unspecified atom stereocenters. The molecule has 3 aromatic rings. The van der Waals surface area contributed by atoms with Crippen LogP contribution in [0.15, 0.2) is 95.0 Å². The Balaban J connectivity index is 1.59. The molecule has 0 spiro atoms. The number of nitrogens with zero attached hydrogens (tertiary/aromatic N) is 3. The number of anilines is 1. The van der Waals surface area contributed by atoms with Crippen LogP contribution in [0.25, 0.3) is 16.5 Å². The van der Waals surface area contributed by atoms with Crippen LogP contribution in [-0.4, -0.2) is 12.0 Å². The van der Waals surface area contributed by atoms with Gasteiger partial charge < -0.3 is 4.90 Å². The van der Waals surface area contributed by atoms with Crippen LogP contribution in [0, 0.1) is 11.3 Å². The van der Waals surface area contributed by atoms with E-state index in [0.29, 0.717) is 5.57 Å². The molecule has 0 atom stereocenters. The van der Waals surface area contributed by atoms with Gasteiger partial charge in [-0.3, -0.25) is 4.98 Å². The molecule has 0 radical (unpaired) electrons. The van der Waals surface area contributed by atoms with Crippen molar-refractivity contribution in [3.63, 3.8) is 0 Å². The zero-order valence-corrected chi connectivity index (χ0v) is 15.6. The van der Waals surface area contributed by atoms with Crippen molar-refractivity contribution >= 4 is 33.9 Å². The summed E-state index contributed by atoms with van der Waals surface area (Å²) in [6.07, 6.45) is 9.56. The number of pyridine rings is 1. The van der Waals surface area contributed by atoms with Crippen LogP contribution in [-0.2, 0) is 0 Å². The van der Waals surface area contributed by atoms with Gasteiger partial charge in [0.25, 0.3) is 0 Å². The summed E-state index contributed by atoms with van der Waals surface area (Å²) in [5.41, 5.74) is 3.64. The van der Waals surface area contributed by atoms with E-state index in [4.69, 9.17) is 0 Å². The van der Waals surface area contributed by atoms with Crippen molar-refractivity contribution in [2.24, 2.45) is 0 Å². The highest BCUT2D eigenvalue weighted by atomic mass is 32.2. The molecule has 130 valence electrons. The van der Waals surface area contributed by atoms with E-state index in [-0.39, 0.29) is 0 Å². The quantitative estimate of drug-likeness (QED) is 0.434. The van der Waals surface area contributed by atoms with Crippen LogP contribution < -0.4 is 4.90 Å². The zero-order valence-electron chi connectivity index (χ0n) is 14.8. The second-order valence-corrected chi connectivity index (χ2v) is 7.15. The maximum absolute atomic E-state index is 9.61. The van der Waals surface area contributed by atoms with Crippen molar-refractivity contribution in [1.29, 1.82) is 5.26 Å². The monoisotopic (exact) mass is 367 g/mol. The number of rotatable bonds is 3. The summed E-state index contributed by atoms with van der Waals surface area (Å²) >= 11 is 1.75. The van der Waals surface area contributed by atoms with E-state index in [9.17, 15) is 5.26 Å². The second-order valence-electron chi connectivity index (χ2n) is 6.09. The van der Waals surface area contributed by atoms with Crippen LogP contribution in [0.3, 0.4) is 0 Å². The number of para-hydroxylation sites is 2. The fourth-order valence-corrected chi connectivity index (χ4v) is 4.14. The molecule has 0 saturated heterocycles. The van der Waals surface area contributed by atoms with Crippen molar-refractivity contribution in [1.82, 2.24) is 4.98 Å². The molecule has 27 heavy (non-hydrogen) atoms. The van der Waals surface area contributed by atoms with Gasteiger partial charge in [-0.05, 0) is 36.4 Å². The minimum Gasteiger partial charge on any atom is -0.338 e. The van der Waals surface area contributed by atoms with Crippen LogP contribution in [0.2, 0.25) is 0 Å². The highest BCUT2D eigenvalue weighted by molar-refractivity contribution is 8.03. The lowest BCUT2D eigenvalue weighted by Gasteiger charge is -2.12. The molecule has 2 aromatic carbocycles. The third-order valence-corrected chi connectivity index (χ3v) is 5.63. The Bertz CT molecular complexity index is 1130. The van der Waals surface area contributed by atoms with Crippen LogP contribution in [0.5, 0.6) is 0 Å². The van der Waals surface area contributed by atoms with Gasteiger partial charge >= 0.3 is 0 Å². The van der Waals surface area contributed by atoms with Gasteiger partial charge in [0.15, 0.2) is 0 Å². The largest absolute Gasteiger partial charge is 0.338 e. The lowest BCUT2D eigenvalue weighted by Crippen LogP contribution is -2.08. The number of aromatic nitrogens is 1. The Labute approximate surface area is 163 Å². The first-order chi connectivity index (χ1) is 13.3. The molecule has 0 bridgehead atoms. The third-order valence-electron chi connectivity index (χ3n) is 4.44. The number of thioether (sulfide) groups is 1. The molecular weight excluding hydrogens is 350 g/mol. The smallest absolute Gasteiger partial charge is 0.0998 e. The maximum atomic E-state index is 9.61. The number of hydrogen-bond donors (Lipinski definition) is 0. The van der Waals surface area contributed by atoms with Crippen LogP contribution >= 0.6 is 11.8 Å². The molecule has 2 heterocycles. The Morgan fingerprint density at radius 3 is 2.74 bits per heavy atom. The van der Waals surface area contributed by atoms with Gasteiger partial charge in [-0.15, -0.1) is 0 Å². The SMILES string of the molecule is CN1\C(=C/C=C/C=C(\C#N)c2ccnc3ccccc23)Sc2ccccc21. The summed E-state index contributed by atoms with van der Waals surface area (Å²) in [5.74, 6) is 0. The van der Waals surface area contributed by atoms with E-state index in [1.165, 1.54) is 10.6 Å². The Hall–Kier alpha value is -3.29. The van der Waals surface area contributed by atoms with Gasteiger partial charge in [-0.25, -0.2) is 0 Å². The van der Waals surface area contributed by atoms with Crippen molar-refractivity contribution < 1.29 is 0 Å². The fraction of sp³-hybridized carbons (Fsp3) is 0.0435. The highest BCUT2D eigenvalue weighted by Crippen LogP contribution is 2.44. The van der Waals surface area contributed by atoms with Gasteiger partial charge in [0.2, 0.25) is 0 Å². The molecule has 0 N–H and O–H groups in total. The number of benzene rings is 2. The molecule has 3 nitrogen and oxygen atoms in total. The molecule has 0 aliphatic carbocycles. The van der Waals surface area contributed by atoms with Gasteiger partial charge in [0.05, 0.1) is 27.9 Å². The summed E-state index contributed by atoms with van der Waals surface area (Å²) < 4.78 is 0. The lowest BCUT2D eigenvalue weighted by molar-refractivity contribution is 1.17. The Kier molecular flexibility index (Phi) is 4.78. The molecule has 0 fully saturated rings. The molecule has 1 aromatic heterocycles. The van der Waals surface area contributed by atoms with Gasteiger partial charge in [0.1, 0.15) is 0 Å². The second kappa shape index (κ2) is 7.53. The minimum atomic E-state index is 0.624. The average molecular weight is 367 g/mol. The molecular formula is C23H17N3S. The third kappa shape index (κ3) is 3.38. The van der Waals surface area contributed by atoms with Crippen molar-refractivity contribution in [2.75, 3.05) is 11.9 Å². The van der Waals surface area contributed by atoms with E-state index >= 15 is 0 Å². The van der Waals surface area contributed by atoms with Crippen LogP contribution in [0.1, 0.15) is 5.56 Å². The molecule has 4 heteroatoms. The maximum Gasteiger partial charge on any atom is 0.0998 e. The number of fused-ring (bicyclic) bond motifs is 2. The fourth-order valence-electron chi connectivity index (χ4n) is 3.07. The average Bonchev–Trinajstić information content (AvgIpc) is 3.04. The highest BCUT2D eigenvalue weighted by Gasteiger charge is 2.20. The number of nitriles is 1. The summed E-state index contributed by atoms with van der Waals surface area (Å²) in [4.78, 5) is 7.80. The number of hydrogen-bond acceptors (Lipinski definition) is 4. The molecule has 0 amide bonds. The first-order valence-corrected chi connectivity index (χ1v) is 9.43. The summed E-state index contributed by atoms with van der Waals surface area (Å²) in [6.45, 7) is 0. The topological polar surface area (TPSA) is 39.9 Å². The van der Waals surface area contributed by atoms with E-state index in [2.05, 4.69) is 53.3 Å². The van der Waals surface area contributed by atoms with Crippen molar-refractivity contribution in [2.45, 2.75) is 4.90 Å². The normalized spacial score (nSPS) is 15.5. The Morgan fingerprint density at radius 1 is 1.07 bits per heavy atom. The summed E-state index contributed by atoms with van der Waals surface area (Å²) in [6, 6.07) is 20.4.